The fraction of sp³-hybridized carbons (Fsp3) is 0.176. The van der Waals surface area contributed by atoms with Gasteiger partial charge in [-0.05, 0) is 18.1 Å². The fourth-order valence-electron chi connectivity index (χ4n) is 2.24. The van der Waals surface area contributed by atoms with E-state index < -0.39 is 5.97 Å². The normalized spacial score (nSPS) is 10.2. The van der Waals surface area contributed by atoms with E-state index in [4.69, 9.17) is 0 Å². The monoisotopic (exact) mass is 268 g/mol. The van der Waals surface area contributed by atoms with Gasteiger partial charge in [0.25, 0.3) is 0 Å². The van der Waals surface area contributed by atoms with E-state index in [9.17, 15) is 14.7 Å². The summed E-state index contributed by atoms with van der Waals surface area (Å²) in [5.74, 6) is -1.31. The Hall–Kier alpha value is -2.42. The third kappa shape index (κ3) is 2.77. The first-order valence-corrected chi connectivity index (χ1v) is 6.60. The van der Waals surface area contributed by atoms with Crippen LogP contribution in [0.2, 0.25) is 0 Å². The van der Waals surface area contributed by atoms with Gasteiger partial charge in [0.2, 0.25) is 0 Å². The number of aryl methyl sites for hydroxylation is 1. The molecule has 0 aromatic heterocycles. The molecule has 20 heavy (non-hydrogen) atoms. The van der Waals surface area contributed by atoms with Gasteiger partial charge in [0, 0.05) is 11.1 Å². The zero-order valence-electron chi connectivity index (χ0n) is 11.3. The van der Waals surface area contributed by atoms with Crippen molar-refractivity contribution in [2.45, 2.75) is 19.8 Å². The number of benzene rings is 2. The first-order chi connectivity index (χ1) is 9.65. The minimum absolute atomic E-state index is 0.0452. The Bertz CT molecular complexity index is 644. The number of hydrogen-bond acceptors (Lipinski definition) is 2. The quantitative estimate of drug-likeness (QED) is 0.843. The van der Waals surface area contributed by atoms with Crippen molar-refractivity contribution in [3.63, 3.8) is 0 Å². The van der Waals surface area contributed by atoms with E-state index >= 15 is 0 Å². The van der Waals surface area contributed by atoms with E-state index in [-0.39, 0.29) is 16.9 Å². The molecule has 3 heteroatoms. The topological polar surface area (TPSA) is 54.4 Å². The minimum atomic E-state index is -1.08. The predicted molar refractivity (Wildman–Crippen MR) is 77.3 cm³/mol. The molecule has 0 heterocycles. The fourth-order valence-corrected chi connectivity index (χ4v) is 2.24. The smallest absolute Gasteiger partial charge is 0.336 e. The molecule has 0 saturated carbocycles. The van der Waals surface area contributed by atoms with Crippen LogP contribution in [-0.4, -0.2) is 16.9 Å². The molecule has 0 aliphatic carbocycles. The first kappa shape index (κ1) is 14.0. The summed E-state index contributed by atoms with van der Waals surface area (Å²) in [5.41, 5.74) is 1.83. The van der Waals surface area contributed by atoms with Crippen LogP contribution in [0, 0.1) is 0 Å². The van der Waals surface area contributed by atoms with Gasteiger partial charge in [0.05, 0.1) is 5.56 Å². The summed E-state index contributed by atoms with van der Waals surface area (Å²) >= 11 is 0. The number of ketones is 1. The van der Waals surface area contributed by atoms with Gasteiger partial charge in [-0.2, -0.15) is 0 Å². The summed E-state index contributed by atoms with van der Waals surface area (Å²) < 4.78 is 0. The zero-order chi connectivity index (χ0) is 14.5. The molecule has 0 spiro atoms. The maximum Gasteiger partial charge on any atom is 0.336 e. The lowest BCUT2D eigenvalue weighted by Gasteiger charge is -2.09. The lowest BCUT2D eigenvalue weighted by Crippen LogP contribution is -2.11. The van der Waals surface area contributed by atoms with Crippen molar-refractivity contribution < 1.29 is 14.7 Å². The van der Waals surface area contributed by atoms with Crippen molar-refractivity contribution in [2.75, 3.05) is 0 Å². The Morgan fingerprint density at radius 1 is 0.900 bits per heavy atom. The van der Waals surface area contributed by atoms with Crippen molar-refractivity contribution in [3.8, 4) is 0 Å². The van der Waals surface area contributed by atoms with Gasteiger partial charge in [-0.15, -0.1) is 0 Å². The van der Waals surface area contributed by atoms with Gasteiger partial charge in [-0.25, -0.2) is 4.79 Å². The van der Waals surface area contributed by atoms with Crippen LogP contribution in [0.1, 0.15) is 45.2 Å². The van der Waals surface area contributed by atoms with E-state index in [1.54, 1.807) is 30.3 Å². The minimum Gasteiger partial charge on any atom is -0.478 e. The van der Waals surface area contributed by atoms with Crippen molar-refractivity contribution in [1.29, 1.82) is 0 Å². The van der Waals surface area contributed by atoms with E-state index in [2.05, 4.69) is 0 Å². The number of carbonyl (C=O) groups excluding carboxylic acids is 1. The average Bonchev–Trinajstić information content (AvgIpc) is 2.47. The molecule has 1 N–H and O–H groups in total. The van der Waals surface area contributed by atoms with Gasteiger partial charge < -0.3 is 5.11 Å². The molecule has 2 aromatic rings. The molecule has 3 nitrogen and oxygen atoms in total. The Balaban J connectivity index is 2.50. The lowest BCUT2D eigenvalue weighted by atomic mass is 9.93. The van der Waals surface area contributed by atoms with Crippen LogP contribution in [0.3, 0.4) is 0 Å². The number of carbonyl (C=O) groups is 2. The van der Waals surface area contributed by atoms with Crippen LogP contribution in [-0.2, 0) is 6.42 Å². The van der Waals surface area contributed by atoms with Crippen LogP contribution in [0.15, 0.2) is 48.5 Å². The molecule has 0 aliphatic heterocycles. The van der Waals surface area contributed by atoms with Crippen LogP contribution < -0.4 is 0 Å². The molecule has 0 saturated heterocycles. The molecule has 0 unspecified atom stereocenters. The highest BCUT2D eigenvalue weighted by Gasteiger charge is 2.19. The Labute approximate surface area is 117 Å². The largest absolute Gasteiger partial charge is 0.478 e. The molecular weight excluding hydrogens is 252 g/mol. The number of aromatic carboxylic acids is 1. The van der Waals surface area contributed by atoms with Gasteiger partial charge in [0.15, 0.2) is 5.78 Å². The summed E-state index contributed by atoms with van der Waals surface area (Å²) in [5, 5.41) is 9.18. The summed E-state index contributed by atoms with van der Waals surface area (Å²) in [6.45, 7) is 2.05. The predicted octanol–water partition coefficient (Wildman–Crippen LogP) is 3.57. The second-order valence-electron chi connectivity index (χ2n) is 4.59. The van der Waals surface area contributed by atoms with Crippen LogP contribution in [0.25, 0.3) is 0 Å². The van der Waals surface area contributed by atoms with E-state index in [1.165, 1.54) is 6.07 Å². The maximum absolute atomic E-state index is 12.6. The highest BCUT2D eigenvalue weighted by atomic mass is 16.4. The highest BCUT2D eigenvalue weighted by Crippen LogP contribution is 2.19. The standard InChI is InChI=1S/C17H16O3/c1-2-7-12-8-3-4-9-13(12)16(18)14-10-5-6-11-15(14)17(19)20/h3-6,8-11H,2,7H2,1H3,(H,19,20). The molecule has 102 valence electrons. The number of carboxylic acid groups (broad SMARTS) is 1. The van der Waals surface area contributed by atoms with E-state index in [0.717, 1.165) is 18.4 Å². The van der Waals surface area contributed by atoms with Crippen molar-refractivity contribution in [2.24, 2.45) is 0 Å². The molecule has 0 aliphatic rings. The van der Waals surface area contributed by atoms with Crippen LogP contribution >= 0.6 is 0 Å². The van der Waals surface area contributed by atoms with Crippen LogP contribution in [0.4, 0.5) is 0 Å². The molecule has 2 rings (SSSR count). The Morgan fingerprint density at radius 2 is 1.45 bits per heavy atom. The zero-order valence-corrected chi connectivity index (χ0v) is 11.3. The lowest BCUT2D eigenvalue weighted by molar-refractivity contribution is 0.0693. The van der Waals surface area contributed by atoms with E-state index in [1.807, 2.05) is 19.1 Å². The third-order valence-corrected chi connectivity index (χ3v) is 3.18. The maximum atomic E-state index is 12.6. The number of carboxylic acids is 1. The third-order valence-electron chi connectivity index (χ3n) is 3.18. The van der Waals surface area contributed by atoms with E-state index in [0.29, 0.717) is 5.56 Å². The highest BCUT2D eigenvalue weighted by molar-refractivity contribution is 6.14. The summed E-state index contributed by atoms with van der Waals surface area (Å²) in [6.07, 6.45) is 1.74. The number of rotatable bonds is 5. The Morgan fingerprint density at radius 3 is 2.05 bits per heavy atom. The SMILES string of the molecule is CCCc1ccccc1C(=O)c1ccccc1C(=O)O. The van der Waals surface area contributed by atoms with Crippen molar-refractivity contribution in [1.82, 2.24) is 0 Å². The molecule has 0 fully saturated rings. The number of hydrogen-bond donors (Lipinski definition) is 1. The summed E-state index contributed by atoms with van der Waals surface area (Å²) in [6, 6.07) is 13.7. The van der Waals surface area contributed by atoms with Crippen molar-refractivity contribution in [3.05, 3.63) is 70.8 Å². The van der Waals surface area contributed by atoms with Crippen LogP contribution in [0.5, 0.6) is 0 Å². The second kappa shape index (κ2) is 6.15. The average molecular weight is 268 g/mol. The molecule has 0 bridgehead atoms. The summed E-state index contributed by atoms with van der Waals surface area (Å²) in [7, 11) is 0. The van der Waals surface area contributed by atoms with Gasteiger partial charge in [-0.1, -0.05) is 55.8 Å². The van der Waals surface area contributed by atoms with Gasteiger partial charge in [-0.3, -0.25) is 4.79 Å². The first-order valence-electron chi connectivity index (χ1n) is 6.60. The second-order valence-corrected chi connectivity index (χ2v) is 4.59. The van der Waals surface area contributed by atoms with Gasteiger partial charge >= 0.3 is 5.97 Å². The Kier molecular flexibility index (Phi) is 4.31. The summed E-state index contributed by atoms with van der Waals surface area (Å²) in [4.78, 5) is 23.8. The van der Waals surface area contributed by atoms with Gasteiger partial charge in [0.1, 0.15) is 0 Å². The molecule has 2 aromatic carbocycles. The molecule has 0 radical (unpaired) electrons. The molecular formula is C17H16O3. The molecule has 0 amide bonds. The van der Waals surface area contributed by atoms with Crippen molar-refractivity contribution >= 4 is 11.8 Å². The molecule has 0 atom stereocenters.